The molecule has 2 aliphatic rings. The molecule has 1 heterocycles. The number of halogens is 1. The lowest BCUT2D eigenvalue weighted by Gasteiger charge is -2.32. The summed E-state index contributed by atoms with van der Waals surface area (Å²) in [5, 5.41) is 3.29. The summed E-state index contributed by atoms with van der Waals surface area (Å²) >= 11 is 0. The van der Waals surface area contributed by atoms with Gasteiger partial charge in [0.2, 0.25) is 5.91 Å². The maximum Gasteiger partial charge on any atom is 0.236 e. The Morgan fingerprint density at radius 2 is 1.78 bits per heavy atom. The summed E-state index contributed by atoms with van der Waals surface area (Å²) in [6, 6.07) is 9.96. The Kier molecular flexibility index (Phi) is 7.18. The molecule has 1 N–H and O–H groups in total. The van der Waals surface area contributed by atoms with Crippen LogP contribution in [0.25, 0.3) is 0 Å². The number of nitrogens with one attached hydrogen (secondary N) is 1. The molecule has 5 heteroatoms. The van der Waals surface area contributed by atoms with Gasteiger partial charge in [-0.15, -0.1) is 12.4 Å². The van der Waals surface area contributed by atoms with Gasteiger partial charge in [-0.1, -0.05) is 18.2 Å². The van der Waals surface area contributed by atoms with E-state index in [1.807, 2.05) is 35.2 Å². The second kappa shape index (κ2) is 9.14. The minimum Gasteiger partial charge on any atom is -0.493 e. The fourth-order valence-corrected chi connectivity index (χ4v) is 2.90. The van der Waals surface area contributed by atoms with Gasteiger partial charge in [0.05, 0.1) is 13.2 Å². The van der Waals surface area contributed by atoms with Crippen molar-refractivity contribution in [2.24, 2.45) is 11.8 Å². The van der Waals surface area contributed by atoms with Gasteiger partial charge in [0.15, 0.2) is 0 Å². The average Bonchev–Trinajstić information content (AvgIpc) is 3.38. The lowest BCUT2D eigenvalue weighted by atomic mass is 9.98. The number of hydrogen-bond donors (Lipinski definition) is 1. The molecule has 23 heavy (non-hydrogen) atoms. The summed E-state index contributed by atoms with van der Waals surface area (Å²) in [4.78, 5) is 14.1. The summed E-state index contributed by atoms with van der Waals surface area (Å²) in [6.07, 6.45) is 4.74. The monoisotopic (exact) mass is 338 g/mol. The number of ether oxygens (including phenoxy) is 1. The third-order valence-corrected chi connectivity index (χ3v) is 4.60. The van der Waals surface area contributed by atoms with E-state index in [1.54, 1.807) is 0 Å². The Bertz CT molecular complexity index is 471. The number of amides is 1. The van der Waals surface area contributed by atoms with Crippen molar-refractivity contribution in [2.45, 2.75) is 25.7 Å². The molecule has 0 unspecified atom stereocenters. The van der Waals surface area contributed by atoms with Crippen molar-refractivity contribution < 1.29 is 9.53 Å². The molecule has 0 bridgehead atoms. The molecule has 0 spiro atoms. The van der Waals surface area contributed by atoms with Crippen molar-refractivity contribution in [2.75, 3.05) is 32.8 Å². The molecule has 1 amide bonds. The number of rotatable bonds is 7. The maximum atomic E-state index is 12.1. The molecule has 4 nitrogen and oxygen atoms in total. The predicted molar refractivity (Wildman–Crippen MR) is 94.1 cm³/mol. The first-order valence-corrected chi connectivity index (χ1v) is 8.47. The second-order valence-corrected chi connectivity index (χ2v) is 6.52. The first kappa shape index (κ1) is 18.1. The van der Waals surface area contributed by atoms with E-state index in [0.29, 0.717) is 12.5 Å². The van der Waals surface area contributed by atoms with Crippen molar-refractivity contribution in [3.63, 3.8) is 0 Å². The smallest absolute Gasteiger partial charge is 0.236 e. The molecule has 128 valence electrons. The van der Waals surface area contributed by atoms with Crippen LogP contribution in [0.2, 0.25) is 0 Å². The molecule has 1 saturated heterocycles. The van der Waals surface area contributed by atoms with Crippen LogP contribution in [-0.4, -0.2) is 43.6 Å². The fraction of sp³-hybridized carbons (Fsp3) is 0.611. The highest BCUT2D eigenvalue weighted by Gasteiger charge is 2.24. The van der Waals surface area contributed by atoms with Crippen LogP contribution >= 0.6 is 12.4 Å². The quantitative estimate of drug-likeness (QED) is 0.831. The van der Waals surface area contributed by atoms with Gasteiger partial charge in [-0.25, -0.2) is 0 Å². The molecule has 1 aliphatic carbocycles. The Balaban J connectivity index is 0.00000192. The fourth-order valence-electron chi connectivity index (χ4n) is 2.90. The van der Waals surface area contributed by atoms with Gasteiger partial charge in [0.1, 0.15) is 5.75 Å². The summed E-state index contributed by atoms with van der Waals surface area (Å²) in [5.41, 5.74) is 0. The molecule has 2 fully saturated rings. The standard InChI is InChI=1S/C18H26N2O2.ClH/c21-18(13-19-12-15-6-7-15)20-10-8-16(9-11-20)14-22-17-4-2-1-3-5-17;/h1-5,15-16,19H,6-14H2;1H. The summed E-state index contributed by atoms with van der Waals surface area (Å²) in [7, 11) is 0. The SMILES string of the molecule is Cl.O=C(CNCC1CC1)N1CCC(COc2ccccc2)CC1. The largest absolute Gasteiger partial charge is 0.493 e. The topological polar surface area (TPSA) is 41.6 Å². The van der Waals surface area contributed by atoms with Crippen molar-refractivity contribution in [1.82, 2.24) is 10.2 Å². The van der Waals surface area contributed by atoms with E-state index in [2.05, 4.69) is 5.32 Å². The van der Waals surface area contributed by atoms with Crippen LogP contribution in [0.4, 0.5) is 0 Å². The zero-order valence-corrected chi connectivity index (χ0v) is 14.4. The van der Waals surface area contributed by atoms with Crippen molar-refractivity contribution in [1.29, 1.82) is 0 Å². The number of likely N-dealkylation sites (tertiary alicyclic amines) is 1. The number of nitrogens with zero attached hydrogens (tertiary/aromatic N) is 1. The van der Waals surface area contributed by atoms with E-state index < -0.39 is 0 Å². The van der Waals surface area contributed by atoms with Crippen molar-refractivity contribution >= 4 is 18.3 Å². The Morgan fingerprint density at radius 1 is 1.09 bits per heavy atom. The molecule has 0 aromatic heterocycles. The van der Waals surface area contributed by atoms with E-state index in [9.17, 15) is 4.79 Å². The van der Waals surface area contributed by atoms with Crippen LogP contribution in [0.15, 0.2) is 30.3 Å². The van der Waals surface area contributed by atoms with Crippen LogP contribution in [0.5, 0.6) is 5.75 Å². The zero-order valence-electron chi connectivity index (χ0n) is 13.6. The van der Waals surface area contributed by atoms with Crippen LogP contribution in [0.1, 0.15) is 25.7 Å². The number of hydrogen-bond acceptors (Lipinski definition) is 3. The number of para-hydroxylation sites is 1. The van der Waals surface area contributed by atoms with Gasteiger partial charge in [-0.05, 0) is 56.2 Å². The van der Waals surface area contributed by atoms with Crippen molar-refractivity contribution in [3.05, 3.63) is 30.3 Å². The van der Waals surface area contributed by atoms with Gasteiger partial charge in [-0.2, -0.15) is 0 Å². The van der Waals surface area contributed by atoms with E-state index in [0.717, 1.165) is 50.8 Å². The summed E-state index contributed by atoms with van der Waals surface area (Å²) in [6.45, 7) is 4.00. The average molecular weight is 339 g/mol. The lowest BCUT2D eigenvalue weighted by molar-refractivity contribution is -0.131. The van der Waals surface area contributed by atoms with E-state index in [1.165, 1.54) is 12.8 Å². The molecule has 1 aromatic rings. The van der Waals surface area contributed by atoms with Gasteiger partial charge in [-0.3, -0.25) is 4.79 Å². The third-order valence-electron chi connectivity index (χ3n) is 4.60. The zero-order chi connectivity index (χ0) is 15.2. The Labute approximate surface area is 145 Å². The number of piperidine rings is 1. The molecule has 1 aromatic carbocycles. The number of carbonyl (C=O) groups excluding carboxylic acids is 1. The Morgan fingerprint density at radius 3 is 2.43 bits per heavy atom. The van der Waals surface area contributed by atoms with Gasteiger partial charge >= 0.3 is 0 Å². The Hall–Kier alpha value is -1.26. The van der Waals surface area contributed by atoms with Gasteiger partial charge in [0, 0.05) is 13.1 Å². The van der Waals surface area contributed by atoms with E-state index >= 15 is 0 Å². The van der Waals surface area contributed by atoms with Crippen LogP contribution < -0.4 is 10.1 Å². The van der Waals surface area contributed by atoms with Crippen molar-refractivity contribution in [3.8, 4) is 5.75 Å². The summed E-state index contributed by atoms with van der Waals surface area (Å²) < 4.78 is 5.82. The maximum absolute atomic E-state index is 12.1. The molecule has 1 saturated carbocycles. The van der Waals surface area contributed by atoms with Crippen LogP contribution in [0.3, 0.4) is 0 Å². The lowest BCUT2D eigenvalue weighted by Crippen LogP contribution is -2.44. The van der Waals surface area contributed by atoms with Gasteiger partial charge < -0.3 is 15.0 Å². The normalized spacial score (nSPS) is 18.3. The number of carbonyl (C=O) groups is 1. The van der Waals surface area contributed by atoms with E-state index in [-0.39, 0.29) is 18.3 Å². The minimum atomic E-state index is 0. The predicted octanol–water partition coefficient (Wildman–Crippen LogP) is 2.73. The highest BCUT2D eigenvalue weighted by atomic mass is 35.5. The molecule has 1 aliphatic heterocycles. The second-order valence-electron chi connectivity index (χ2n) is 6.52. The molecule has 0 radical (unpaired) electrons. The summed E-state index contributed by atoms with van der Waals surface area (Å²) in [5.74, 6) is 2.57. The first-order chi connectivity index (χ1) is 10.8. The van der Waals surface area contributed by atoms with Crippen LogP contribution in [-0.2, 0) is 4.79 Å². The first-order valence-electron chi connectivity index (χ1n) is 8.47. The molecule has 0 atom stereocenters. The molecular weight excluding hydrogens is 312 g/mol. The highest BCUT2D eigenvalue weighted by Crippen LogP contribution is 2.27. The van der Waals surface area contributed by atoms with E-state index in [4.69, 9.17) is 4.74 Å². The third kappa shape index (κ3) is 6.04. The number of benzene rings is 1. The molecular formula is C18H27ClN2O2. The van der Waals surface area contributed by atoms with Gasteiger partial charge in [0.25, 0.3) is 0 Å². The highest BCUT2D eigenvalue weighted by molar-refractivity contribution is 5.85. The molecule has 3 rings (SSSR count). The minimum absolute atomic E-state index is 0. The van der Waals surface area contributed by atoms with Crippen LogP contribution in [0, 0.1) is 11.8 Å².